The van der Waals surface area contributed by atoms with Gasteiger partial charge in [-0.1, -0.05) is 103 Å². The second-order valence-electron chi connectivity index (χ2n) is 9.31. The van der Waals surface area contributed by atoms with E-state index < -0.39 is 13.2 Å². The van der Waals surface area contributed by atoms with Crippen LogP contribution in [-0.4, -0.2) is 18.5 Å². The van der Waals surface area contributed by atoms with E-state index in [-0.39, 0.29) is 18.2 Å². The zero-order valence-electron chi connectivity index (χ0n) is 22.8. The van der Waals surface area contributed by atoms with Gasteiger partial charge in [0.1, 0.15) is 28.5 Å². The summed E-state index contributed by atoms with van der Waals surface area (Å²) < 4.78 is 5.65. The number of hydrogen-bond donors (Lipinski definition) is 1. The van der Waals surface area contributed by atoms with Gasteiger partial charge in [-0.15, -0.1) is 0 Å². The quantitative estimate of drug-likeness (QED) is 0.131. The predicted octanol–water partition coefficient (Wildman–Crippen LogP) is 6.34. The highest BCUT2D eigenvalue weighted by atomic mass is 31.2. The topological polar surface area (TPSA) is 55.4 Å². The molecule has 0 fully saturated rings. The Morgan fingerprint density at radius 1 is 0.561 bits per heavy atom. The highest BCUT2D eigenvalue weighted by Gasteiger charge is 2.53. The molecule has 0 heterocycles. The highest BCUT2D eigenvalue weighted by Crippen LogP contribution is 2.67. The standard InChI is InChI=1S/C36H30NO3P/c1-2-40-36(39)33(37-35(38)29-20-10-4-11-21-29)34(28-18-8-3-9-19-28)41(30-22-12-5-13-23-30,31-24-14-6-15-25-31)32-26-16-7-17-27-32/h3-27H,2H2,1H3/p+1. The second kappa shape index (κ2) is 13.0. The fraction of sp³-hybridized carbons (Fsp3) is 0.0556. The number of rotatable bonds is 9. The van der Waals surface area contributed by atoms with Crippen molar-refractivity contribution in [3.05, 3.63) is 168 Å². The Bertz CT molecular complexity index is 1530. The van der Waals surface area contributed by atoms with Crippen LogP contribution >= 0.6 is 7.26 Å². The number of ether oxygens (including phenoxy) is 1. The molecular formula is C36H31NO3P+. The summed E-state index contributed by atoms with van der Waals surface area (Å²) in [5, 5.41) is 6.90. The summed E-state index contributed by atoms with van der Waals surface area (Å²) in [6.45, 7) is 1.93. The van der Waals surface area contributed by atoms with Crippen LogP contribution in [-0.2, 0) is 9.53 Å². The number of amides is 1. The Morgan fingerprint density at radius 3 is 1.32 bits per heavy atom. The SMILES string of the molecule is CCOC(=O)C(NC(=O)c1ccccc1)=C(c1ccccc1)[P+](c1ccccc1)(c1ccccc1)c1ccccc1. The molecule has 0 aliphatic rings. The summed E-state index contributed by atoms with van der Waals surface area (Å²) in [5.74, 6) is -0.961. The number of esters is 1. The van der Waals surface area contributed by atoms with Crippen LogP contribution in [0.2, 0.25) is 0 Å². The van der Waals surface area contributed by atoms with Crippen LogP contribution in [0.3, 0.4) is 0 Å². The Labute approximate surface area is 241 Å². The van der Waals surface area contributed by atoms with Gasteiger partial charge in [-0.25, -0.2) is 4.79 Å². The normalized spacial score (nSPS) is 11.7. The predicted molar refractivity (Wildman–Crippen MR) is 169 cm³/mol. The van der Waals surface area contributed by atoms with Crippen molar-refractivity contribution in [2.24, 2.45) is 0 Å². The Morgan fingerprint density at radius 2 is 0.927 bits per heavy atom. The maximum Gasteiger partial charge on any atom is 0.359 e. The van der Waals surface area contributed by atoms with E-state index in [1.807, 2.05) is 91.0 Å². The van der Waals surface area contributed by atoms with Crippen LogP contribution in [0.15, 0.2) is 157 Å². The summed E-state index contributed by atoms with van der Waals surface area (Å²) in [5.41, 5.74) is 1.41. The molecule has 5 aromatic rings. The van der Waals surface area contributed by atoms with Crippen LogP contribution in [0, 0.1) is 0 Å². The van der Waals surface area contributed by atoms with E-state index in [2.05, 4.69) is 41.7 Å². The number of carbonyl (C=O) groups is 2. The molecule has 0 saturated heterocycles. The first-order chi connectivity index (χ1) is 20.2. The first-order valence-electron chi connectivity index (χ1n) is 13.6. The van der Waals surface area contributed by atoms with Gasteiger partial charge in [-0.3, -0.25) is 4.79 Å². The largest absolute Gasteiger partial charge is 0.461 e. The fourth-order valence-electron chi connectivity index (χ4n) is 5.08. The third-order valence-electron chi connectivity index (χ3n) is 6.80. The summed E-state index contributed by atoms with van der Waals surface area (Å²) in [6, 6.07) is 49.5. The molecule has 0 radical (unpaired) electrons. The van der Waals surface area contributed by atoms with E-state index in [9.17, 15) is 9.59 Å². The summed E-state index contributed by atoms with van der Waals surface area (Å²) >= 11 is 0. The van der Waals surface area contributed by atoms with E-state index >= 15 is 0 Å². The minimum atomic E-state index is -2.80. The zero-order chi connectivity index (χ0) is 28.5. The van der Waals surface area contributed by atoms with Gasteiger partial charge < -0.3 is 10.1 Å². The van der Waals surface area contributed by atoms with Crippen molar-refractivity contribution in [1.82, 2.24) is 5.32 Å². The van der Waals surface area contributed by atoms with Crippen molar-refractivity contribution in [2.75, 3.05) is 6.61 Å². The molecule has 0 aliphatic heterocycles. The molecule has 1 N–H and O–H groups in total. The molecule has 202 valence electrons. The van der Waals surface area contributed by atoms with Gasteiger partial charge in [0.25, 0.3) is 5.91 Å². The molecule has 4 nitrogen and oxygen atoms in total. The lowest BCUT2D eigenvalue weighted by molar-refractivity contribution is -0.138. The Balaban J connectivity index is 1.96. The third kappa shape index (κ3) is 5.75. The lowest BCUT2D eigenvalue weighted by Gasteiger charge is -2.31. The van der Waals surface area contributed by atoms with Gasteiger partial charge in [-0.05, 0) is 55.5 Å². The van der Waals surface area contributed by atoms with Crippen molar-refractivity contribution < 1.29 is 14.3 Å². The van der Waals surface area contributed by atoms with E-state index in [0.29, 0.717) is 5.56 Å². The molecule has 0 unspecified atom stereocenters. The minimum absolute atomic E-state index is 0.136. The van der Waals surface area contributed by atoms with Crippen LogP contribution in [0.25, 0.3) is 5.31 Å². The van der Waals surface area contributed by atoms with Crippen molar-refractivity contribution in [1.29, 1.82) is 0 Å². The van der Waals surface area contributed by atoms with E-state index in [4.69, 9.17) is 4.74 Å². The number of hydrogen-bond acceptors (Lipinski definition) is 3. The molecule has 0 atom stereocenters. The van der Waals surface area contributed by atoms with Gasteiger partial charge >= 0.3 is 5.97 Å². The summed E-state index contributed by atoms with van der Waals surface area (Å²) in [4.78, 5) is 27.7. The molecule has 0 aromatic heterocycles. The molecule has 0 spiro atoms. The maximum atomic E-state index is 14.0. The van der Waals surface area contributed by atoms with Crippen LogP contribution in [0.1, 0.15) is 22.8 Å². The third-order valence-corrected chi connectivity index (χ3v) is 11.2. The Kier molecular flexibility index (Phi) is 8.83. The highest BCUT2D eigenvalue weighted by molar-refractivity contribution is 8.03. The van der Waals surface area contributed by atoms with Crippen molar-refractivity contribution in [2.45, 2.75) is 6.92 Å². The van der Waals surface area contributed by atoms with Gasteiger partial charge in [-0.2, -0.15) is 0 Å². The molecule has 1 amide bonds. The molecule has 0 saturated carbocycles. The molecular weight excluding hydrogens is 525 g/mol. The number of carbonyl (C=O) groups excluding carboxylic acids is 2. The molecule has 5 heteroatoms. The van der Waals surface area contributed by atoms with Crippen molar-refractivity contribution in [3.63, 3.8) is 0 Å². The Hall–Kier alpha value is -4.79. The van der Waals surface area contributed by atoms with Crippen LogP contribution < -0.4 is 21.2 Å². The first-order valence-corrected chi connectivity index (χ1v) is 15.3. The molecule has 0 aliphatic carbocycles. The van der Waals surface area contributed by atoms with Gasteiger partial charge in [0.05, 0.1) is 6.61 Å². The number of benzene rings is 5. The molecule has 41 heavy (non-hydrogen) atoms. The van der Waals surface area contributed by atoms with Gasteiger partial charge in [0.2, 0.25) is 0 Å². The monoisotopic (exact) mass is 556 g/mol. The lowest BCUT2D eigenvalue weighted by Crippen LogP contribution is -2.36. The first kappa shape index (κ1) is 27.8. The zero-order valence-corrected chi connectivity index (χ0v) is 23.7. The second-order valence-corrected chi connectivity index (χ2v) is 12.6. The minimum Gasteiger partial charge on any atom is -0.461 e. The average Bonchev–Trinajstić information content (AvgIpc) is 3.05. The van der Waals surface area contributed by atoms with Crippen molar-refractivity contribution >= 4 is 40.4 Å². The van der Waals surface area contributed by atoms with Crippen LogP contribution in [0.4, 0.5) is 0 Å². The summed E-state index contributed by atoms with van der Waals surface area (Å²) in [6.07, 6.45) is 0. The smallest absolute Gasteiger partial charge is 0.359 e. The lowest BCUT2D eigenvalue weighted by atomic mass is 10.1. The maximum absolute atomic E-state index is 14.0. The van der Waals surface area contributed by atoms with E-state index in [1.165, 1.54) is 0 Å². The van der Waals surface area contributed by atoms with Gasteiger partial charge in [0.15, 0.2) is 5.70 Å². The number of nitrogens with one attached hydrogen (secondary N) is 1. The van der Waals surface area contributed by atoms with Gasteiger partial charge in [0, 0.05) is 11.1 Å². The van der Waals surface area contributed by atoms with E-state index in [1.54, 1.807) is 31.2 Å². The molecule has 5 aromatic carbocycles. The summed E-state index contributed by atoms with van der Waals surface area (Å²) in [7, 11) is -2.80. The van der Waals surface area contributed by atoms with E-state index in [0.717, 1.165) is 26.8 Å². The van der Waals surface area contributed by atoms with Crippen molar-refractivity contribution in [3.8, 4) is 0 Å². The molecule has 5 rings (SSSR count). The van der Waals surface area contributed by atoms with Crippen LogP contribution in [0.5, 0.6) is 0 Å². The average molecular weight is 557 g/mol. The fourth-order valence-corrected chi connectivity index (χ4v) is 9.62. The molecule has 0 bridgehead atoms.